The molecule has 0 saturated carbocycles. The largest absolute Gasteiger partial charge is 0.487 e. The maximum atomic E-state index is 12.4. The number of hydrogen-bond acceptors (Lipinski definition) is 3. The summed E-state index contributed by atoms with van der Waals surface area (Å²) in [6, 6.07) is 5.30. The zero-order chi connectivity index (χ0) is 16.5. The van der Waals surface area contributed by atoms with Gasteiger partial charge in [0.1, 0.15) is 17.0 Å². The average molecular weight is 302 g/mol. The highest BCUT2D eigenvalue weighted by Crippen LogP contribution is 2.33. The topological polar surface area (TPSA) is 43.1 Å². The third kappa shape index (κ3) is 3.91. The molecule has 0 unspecified atom stereocenters. The van der Waals surface area contributed by atoms with Gasteiger partial charge in [0, 0.05) is 5.56 Å². The fourth-order valence-corrected chi connectivity index (χ4v) is 2.35. The second-order valence-electron chi connectivity index (χ2n) is 7.10. The van der Waals surface area contributed by atoms with E-state index in [1.807, 2.05) is 40.7 Å². The summed E-state index contributed by atoms with van der Waals surface area (Å²) in [6.07, 6.45) is -0.355. The summed E-state index contributed by atoms with van der Waals surface area (Å²) in [4.78, 5) is 17.5. The van der Waals surface area contributed by atoms with Gasteiger partial charge in [-0.25, -0.2) is 9.64 Å². The molecule has 0 atom stereocenters. The fourth-order valence-electron chi connectivity index (χ4n) is 2.35. The number of rotatable bonds is 0. The molecule has 1 aromatic carbocycles. The minimum Gasteiger partial charge on any atom is -0.487 e. The first-order valence-electron chi connectivity index (χ1n) is 7.27. The van der Waals surface area contributed by atoms with Crippen LogP contribution in [0.25, 0.3) is 4.85 Å². The maximum absolute atomic E-state index is 12.4. The molecule has 0 bridgehead atoms. The van der Waals surface area contributed by atoms with Crippen LogP contribution in [0.5, 0.6) is 5.75 Å². The van der Waals surface area contributed by atoms with Crippen molar-refractivity contribution in [2.75, 3.05) is 6.54 Å². The summed E-state index contributed by atoms with van der Waals surface area (Å²) in [5.41, 5.74) is 0.317. The van der Waals surface area contributed by atoms with Gasteiger partial charge in [0.25, 0.3) is 0 Å². The van der Waals surface area contributed by atoms with E-state index in [9.17, 15) is 4.79 Å². The van der Waals surface area contributed by atoms with Gasteiger partial charge >= 0.3 is 6.09 Å². The Morgan fingerprint density at radius 1 is 1.41 bits per heavy atom. The quantitative estimate of drug-likeness (QED) is 0.676. The van der Waals surface area contributed by atoms with Gasteiger partial charge in [0.2, 0.25) is 0 Å². The molecular weight excluding hydrogens is 280 g/mol. The summed E-state index contributed by atoms with van der Waals surface area (Å²) in [5, 5.41) is 0. The summed E-state index contributed by atoms with van der Waals surface area (Å²) in [5.74, 6) is 0.657. The molecule has 0 radical (unpaired) electrons. The van der Waals surface area contributed by atoms with Gasteiger partial charge < -0.3 is 9.47 Å². The molecule has 0 aromatic heterocycles. The molecule has 5 nitrogen and oxygen atoms in total. The van der Waals surface area contributed by atoms with Crippen molar-refractivity contribution in [3.8, 4) is 5.75 Å². The maximum Gasteiger partial charge on any atom is 0.410 e. The van der Waals surface area contributed by atoms with E-state index in [1.165, 1.54) is 0 Å². The van der Waals surface area contributed by atoms with Crippen LogP contribution < -0.4 is 4.74 Å². The number of hydrogen-bond donors (Lipinski definition) is 0. The first-order chi connectivity index (χ1) is 10.1. The molecule has 1 aliphatic heterocycles. The third-order valence-electron chi connectivity index (χ3n) is 3.15. The molecule has 1 heterocycles. The molecule has 0 N–H and O–H groups in total. The molecule has 5 heteroatoms. The van der Waals surface area contributed by atoms with Crippen LogP contribution in [0.1, 0.15) is 40.2 Å². The molecule has 0 spiro atoms. The first kappa shape index (κ1) is 16.2. The van der Waals surface area contributed by atoms with Crippen LogP contribution in [0.4, 0.5) is 10.5 Å². The summed E-state index contributed by atoms with van der Waals surface area (Å²) >= 11 is 0. The van der Waals surface area contributed by atoms with Gasteiger partial charge in [-0.3, -0.25) is 4.90 Å². The number of fused-ring (bicyclic) bond motifs is 1. The van der Waals surface area contributed by atoms with E-state index >= 15 is 0 Å². The van der Waals surface area contributed by atoms with E-state index in [0.29, 0.717) is 24.5 Å². The van der Waals surface area contributed by atoms with E-state index in [-0.39, 0.29) is 6.09 Å². The zero-order valence-corrected chi connectivity index (χ0v) is 13.8. The number of benzene rings is 1. The lowest BCUT2D eigenvalue weighted by molar-refractivity contribution is 0.00753. The SMILES string of the molecule is [C-]#[N+]c1ccc2c(c1)OC(C)(C)CN(C(=O)OC(C)(C)C)C2. The van der Waals surface area contributed by atoms with Crippen molar-refractivity contribution in [1.82, 2.24) is 4.90 Å². The van der Waals surface area contributed by atoms with E-state index in [4.69, 9.17) is 16.0 Å². The van der Waals surface area contributed by atoms with E-state index in [1.54, 1.807) is 17.0 Å². The Hall–Kier alpha value is -2.22. The number of carbonyl (C=O) groups excluding carboxylic acids is 1. The van der Waals surface area contributed by atoms with E-state index < -0.39 is 11.2 Å². The second kappa shape index (κ2) is 5.53. The monoisotopic (exact) mass is 302 g/mol. The predicted molar refractivity (Wildman–Crippen MR) is 84.1 cm³/mol. The van der Waals surface area contributed by atoms with Crippen molar-refractivity contribution in [2.24, 2.45) is 0 Å². The highest BCUT2D eigenvalue weighted by Gasteiger charge is 2.33. The van der Waals surface area contributed by atoms with Crippen LogP contribution in [0.15, 0.2) is 18.2 Å². The lowest BCUT2D eigenvalue weighted by Crippen LogP contribution is -2.45. The van der Waals surface area contributed by atoms with Gasteiger partial charge in [-0.15, -0.1) is 0 Å². The fraction of sp³-hybridized carbons (Fsp3) is 0.529. The van der Waals surface area contributed by atoms with Crippen LogP contribution >= 0.6 is 0 Å². The number of amides is 1. The Kier molecular flexibility index (Phi) is 4.06. The Balaban J connectivity index is 2.32. The minimum atomic E-state index is -0.553. The third-order valence-corrected chi connectivity index (χ3v) is 3.15. The summed E-state index contributed by atoms with van der Waals surface area (Å²) in [7, 11) is 0. The zero-order valence-electron chi connectivity index (χ0n) is 13.8. The van der Waals surface area contributed by atoms with Crippen molar-refractivity contribution in [3.05, 3.63) is 35.2 Å². The van der Waals surface area contributed by atoms with Crippen molar-refractivity contribution < 1.29 is 14.3 Å². The molecular formula is C17H22N2O3. The van der Waals surface area contributed by atoms with Crippen LogP contribution in [0, 0.1) is 6.57 Å². The van der Waals surface area contributed by atoms with Gasteiger partial charge in [0.05, 0.1) is 19.7 Å². The Bertz CT molecular complexity index is 624. The lowest BCUT2D eigenvalue weighted by atomic mass is 10.1. The van der Waals surface area contributed by atoms with Crippen LogP contribution in [0.3, 0.4) is 0 Å². The molecule has 1 amide bonds. The minimum absolute atomic E-state index is 0.355. The molecule has 0 saturated heterocycles. The van der Waals surface area contributed by atoms with E-state index in [0.717, 1.165) is 5.56 Å². The highest BCUT2D eigenvalue weighted by molar-refractivity contribution is 5.69. The molecule has 118 valence electrons. The van der Waals surface area contributed by atoms with Gasteiger partial charge in [0.15, 0.2) is 5.69 Å². The van der Waals surface area contributed by atoms with Gasteiger partial charge in [-0.1, -0.05) is 12.1 Å². The first-order valence-corrected chi connectivity index (χ1v) is 7.27. The van der Waals surface area contributed by atoms with Crippen LogP contribution in [0.2, 0.25) is 0 Å². The van der Waals surface area contributed by atoms with Crippen molar-refractivity contribution in [3.63, 3.8) is 0 Å². The standard InChI is InChI=1S/C17H22N2O3/c1-16(2,3)22-15(20)19-10-12-7-8-13(18-6)9-14(12)21-17(4,5)11-19/h7-9H,10-11H2,1-5H3. The predicted octanol–water partition coefficient (Wildman–Crippen LogP) is 4.15. The van der Waals surface area contributed by atoms with Gasteiger partial charge in [-0.05, 0) is 40.7 Å². The smallest absolute Gasteiger partial charge is 0.410 e. The number of ether oxygens (including phenoxy) is 2. The Morgan fingerprint density at radius 2 is 2.09 bits per heavy atom. The Labute approximate surface area is 131 Å². The molecule has 1 aromatic rings. The van der Waals surface area contributed by atoms with Crippen molar-refractivity contribution in [1.29, 1.82) is 0 Å². The summed E-state index contributed by atoms with van der Waals surface area (Å²) < 4.78 is 11.5. The van der Waals surface area contributed by atoms with Crippen LogP contribution in [-0.4, -0.2) is 28.7 Å². The normalized spacial score (nSPS) is 16.8. The molecule has 0 aliphatic carbocycles. The van der Waals surface area contributed by atoms with Crippen molar-refractivity contribution >= 4 is 11.8 Å². The lowest BCUT2D eigenvalue weighted by Gasteiger charge is -2.31. The number of carbonyl (C=O) groups is 1. The van der Waals surface area contributed by atoms with Gasteiger partial charge in [-0.2, -0.15) is 0 Å². The highest BCUT2D eigenvalue weighted by atomic mass is 16.6. The Morgan fingerprint density at radius 3 is 2.68 bits per heavy atom. The molecule has 22 heavy (non-hydrogen) atoms. The molecule has 1 aliphatic rings. The van der Waals surface area contributed by atoms with Crippen molar-refractivity contribution in [2.45, 2.75) is 52.4 Å². The van der Waals surface area contributed by atoms with E-state index in [2.05, 4.69) is 4.85 Å². The summed E-state index contributed by atoms with van der Waals surface area (Å²) in [6.45, 7) is 17.3. The molecule has 2 rings (SSSR count). The number of nitrogens with zero attached hydrogens (tertiary/aromatic N) is 2. The molecule has 0 fully saturated rings. The van der Waals surface area contributed by atoms with Crippen LogP contribution in [-0.2, 0) is 11.3 Å². The second-order valence-corrected chi connectivity index (χ2v) is 7.10. The average Bonchev–Trinajstić information content (AvgIpc) is 2.50.